The Balaban J connectivity index is 1.87. The van der Waals surface area contributed by atoms with Crippen LogP contribution in [0, 0.1) is 13.8 Å². The van der Waals surface area contributed by atoms with Gasteiger partial charge in [-0.2, -0.15) is 5.10 Å². The molecule has 0 aliphatic heterocycles. The summed E-state index contributed by atoms with van der Waals surface area (Å²) in [6, 6.07) is 17.2. The standard InChI is InChI=1S/C23H22N4O2/c1-14-8-5-6-11-19(14)25-23(28)18-13-20(16-9-7-10-17(12-16)29-4)24-22-21(18)15(2)26-27(22)3/h5-13H,1-4H3,(H,25,28). The van der Waals surface area contributed by atoms with Crippen LogP contribution in [0.15, 0.2) is 54.6 Å². The molecule has 0 saturated carbocycles. The van der Waals surface area contributed by atoms with Crippen LogP contribution in [0.3, 0.4) is 0 Å². The highest BCUT2D eigenvalue weighted by Crippen LogP contribution is 2.29. The first-order valence-electron chi connectivity index (χ1n) is 9.33. The number of fused-ring (bicyclic) bond motifs is 1. The Hall–Kier alpha value is -3.67. The molecule has 0 radical (unpaired) electrons. The third-order valence-corrected chi connectivity index (χ3v) is 4.97. The molecule has 1 amide bonds. The Kier molecular flexibility index (Phi) is 4.76. The molecule has 6 nitrogen and oxygen atoms in total. The van der Waals surface area contributed by atoms with E-state index in [1.165, 1.54) is 0 Å². The van der Waals surface area contributed by atoms with Crippen LogP contribution in [0.25, 0.3) is 22.3 Å². The van der Waals surface area contributed by atoms with Crippen molar-refractivity contribution >= 4 is 22.6 Å². The molecule has 4 aromatic rings. The number of hydrogen-bond acceptors (Lipinski definition) is 4. The molecule has 2 heterocycles. The number of nitrogens with one attached hydrogen (secondary N) is 1. The maximum Gasteiger partial charge on any atom is 0.256 e. The van der Waals surface area contributed by atoms with E-state index < -0.39 is 0 Å². The Labute approximate surface area is 169 Å². The SMILES string of the molecule is COc1cccc(-c2cc(C(=O)Nc3ccccc3C)c3c(C)nn(C)c3n2)c1. The third-order valence-electron chi connectivity index (χ3n) is 4.97. The summed E-state index contributed by atoms with van der Waals surface area (Å²) in [5.74, 6) is 0.545. The highest BCUT2D eigenvalue weighted by atomic mass is 16.5. The molecule has 0 bridgehead atoms. The minimum absolute atomic E-state index is 0.188. The summed E-state index contributed by atoms with van der Waals surface area (Å²) in [6.45, 7) is 3.86. The lowest BCUT2D eigenvalue weighted by Gasteiger charge is -2.11. The summed E-state index contributed by atoms with van der Waals surface area (Å²) in [7, 11) is 3.46. The average Bonchev–Trinajstić information content (AvgIpc) is 3.02. The molecule has 0 aliphatic carbocycles. The van der Waals surface area contributed by atoms with E-state index in [1.54, 1.807) is 11.8 Å². The van der Waals surface area contributed by atoms with Gasteiger partial charge in [-0.3, -0.25) is 9.48 Å². The van der Waals surface area contributed by atoms with Crippen LogP contribution < -0.4 is 10.1 Å². The van der Waals surface area contributed by atoms with Gasteiger partial charge in [-0.05, 0) is 43.7 Å². The lowest BCUT2D eigenvalue weighted by atomic mass is 10.0. The predicted molar refractivity (Wildman–Crippen MR) is 114 cm³/mol. The van der Waals surface area contributed by atoms with Crippen LogP contribution in [0.5, 0.6) is 5.75 Å². The van der Waals surface area contributed by atoms with E-state index in [0.29, 0.717) is 16.9 Å². The third kappa shape index (κ3) is 3.45. The van der Waals surface area contributed by atoms with E-state index in [4.69, 9.17) is 9.72 Å². The van der Waals surface area contributed by atoms with E-state index in [-0.39, 0.29) is 5.91 Å². The van der Waals surface area contributed by atoms with E-state index in [2.05, 4.69) is 10.4 Å². The van der Waals surface area contributed by atoms with Gasteiger partial charge in [0.25, 0.3) is 5.91 Å². The van der Waals surface area contributed by atoms with Gasteiger partial charge in [0.05, 0.1) is 29.4 Å². The van der Waals surface area contributed by atoms with Gasteiger partial charge in [-0.1, -0.05) is 30.3 Å². The number of anilines is 1. The summed E-state index contributed by atoms with van der Waals surface area (Å²) < 4.78 is 7.04. The minimum atomic E-state index is -0.188. The van der Waals surface area contributed by atoms with Crippen molar-refractivity contribution in [3.05, 3.63) is 71.4 Å². The van der Waals surface area contributed by atoms with Crippen LogP contribution in [-0.4, -0.2) is 27.8 Å². The monoisotopic (exact) mass is 386 g/mol. The number of hydrogen-bond donors (Lipinski definition) is 1. The number of carbonyl (C=O) groups excluding carboxylic acids is 1. The molecular formula is C23H22N4O2. The van der Waals surface area contributed by atoms with Crippen molar-refractivity contribution in [3.63, 3.8) is 0 Å². The number of methoxy groups -OCH3 is 1. The smallest absolute Gasteiger partial charge is 0.256 e. The fourth-order valence-corrected chi connectivity index (χ4v) is 3.46. The second-order valence-electron chi connectivity index (χ2n) is 6.96. The molecule has 1 N–H and O–H groups in total. The lowest BCUT2D eigenvalue weighted by Crippen LogP contribution is -2.14. The highest BCUT2D eigenvalue weighted by Gasteiger charge is 2.20. The average molecular weight is 386 g/mol. The van der Waals surface area contributed by atoms with E-state index >= 15 is 0 Å². The van der Waals surface area contributed by atoms with Crippen LogP contribution in [0.4, 0.5) is 5.69 Å². The molecular weight excluding hydrogens is 364 g/mol. The fraction of sp³-hybridized carbons (Fsp3) is 0.174. The number of pyridine rings is 1. The zero-order valence-electron chi connectivity index (χ0n) is 16.9. The number of aromatic nitrogens is 3. The lowest BCUT2D eigenvalue weighted by molar-refractivity contribution is 0.102. The van der Waals surface area contributed by atoms with Gasteiger partial charge in [0, 0.05) is 18.3 Å². The largest absolute Gasteiger partial charge is 0.497 e. The summed E-state index contributed by atoms with van der Waals surface area (Å²) >= 11 is 0. The molecule has 6 heteroatoms. The molecule has 0 aliphatic rings. The normalized spacial score (nSPS) is 10.9. The molecule has 0 unspecified atom stereocenters. The van der Waals surface area contributed by atoms with Crippen molar-refractivity contribution in [1.82, 2.24) is 14.8 Å². The van der Waals surface area contributed by atoms with Crippen LogP contribution >= 0.6 is 0 Å². The molecule has 2 aromatic heterocycles. The number of rotatable bonds is 4. The van der Waals surface area contributed by atoms with Crippen molar-refractivity contribution in [2.24, 2.45) is 7.05 Å². The maximum absolute atomic E-state index is 13.2. The van der Waals surface area contributed by atoms with Crippen molar-refractivity contribution in [2.45, 2.75) is 13.8 Å². The summed E-state index contributed by atoms with van der Waals surface area (Å²) in [5, 5.41) is 8.26. The zero-order chi connectivity index (χ0) is 20.5. The first-order valence-corrected chi connectivity index (χ1v) is 9.33. The molecule has 0 spiro atoms. The molecule has 0 saturated heterocycles. The minimum Gasteiger partial charge on any atom is -0.497 e. The van der Waals surface area contributed by atoms with Gasteiger partial charge in [0.15, 0.2) is 5.65 Å². The van der Waals surface area contributed by atoms with Crippen molar-refractivity contribution in [3.8, 4) is 17.0 Å². The first kappa shape index (κ1) is 18.7. The summed E-state index contributed by atoms with van der Waals surface area (Å²) in [6.07, 6.45) is 0. The topological polar surface area (TPSA) is 69.0 Å². The number of benzene rings is 2. The zero-order valence-corrected chi connectivity index (χ0v) is 16.9. The number of aryl methyl sites for hydroxylation is 3. The van der Waals surface area contributed by atoms with Gasteiger partial charge >= 0.3 is 0 Å². The molecule has 2 aromatic carbocycles. The van der Waals surface area contributed by atoms with Crippen LogP contribution in [0.1, 0.15) is 21.6 Å². The molecule has 0 atom stereocenters. The van der Waals surface area contributed by atoms with E-state index in [1.807, 2.05) is 75.5 Å². The Morgan fingerprint density at radius 2 is 1.86 bits per heavy atom. The molecule has 0 fully saturated rings. The molecule has 4 rings (SSSR count). The first-order chi connectivity index (χ1) is 14.0. The number of nitrogens with zero attached hydrogens (tertiary/aromatic N) is 3. The van der Waals surface area contributed by atoms with Crippen LogP contribution in [0.2, 0.25) is 0 Å². The van der Waals surface area contributed by atoms with Gasteiger partial charge in [0.1, 0.15) is 5.75 Å². The van der Waals surface area contributed by atoms with Crippen molar-refractivity contribution in [1.29, 1.82) is 0 Å². The molecule has 146 valence electrons. The number of para-hydroxylation sites is 1. The Morgan fingerprint density at radius 1 is 1.07 bits per heavy atom. The second-order valence-corrected chi connectivity index (χ2v) is 6.96. The summed E-state index contributed by atoms with van der Waals surface area (Å²) in [5.41, 5.74) is 5.32. The molecule has 29 heavy (non-hydrogen) atoms. The predicted octanol–water partition coefficient (Wildman–Crippen LogP) is 4.51. The second kappa shape index (κ2) is 7.39. The fourth-order valence-electron chi connectivity index (χ4n) is 3.46. The van der Waals surface area contributed by atoms with Gasteiger partial charge < -0.3 is 10.1 Å². The Bertz CT molecular complexity index is 1230. The van der Waals surface area contributed by atoms with Gasteiger partial charge in [-0.15, -0.1) is 0 Å². The van der Waals surface area contributed by atoms with Crippen molar-refractivity contribution in [2.75, 3.05) is 12.4 Å². The van der Waals surface area contributed by atoms with Crippen LogP contribution in [-0.2, 0) is 7.05 Å². The maximum atomic E-state index is 13.2. The summed E-state index contributed by atoms with van der Waals surface area (Å²) in [4.78, 5) is 18.0. The quantitative estimate of drug-likeness (QED) is 0.560. The number of carbonyl (C=O) groups is 1. The number of amides is 1. The highest BCUT2D eigenvalue weighted by molar-refractivity contribution is 6.13. The number of ether oxygens (including phenoxy) is 1. The van der Waals surface area contributed by atoms with Gasteiger partial charge in [-0.25, -0.2) is 4.98 Å². The van der Waals surface area contributed by atoms with Gasteiger partial charge in [0.2, 0.25) is 0 Å². The van der Waals surface area contributed by atoms with E-state index in [0.717, 1.165) is 33.6 Å². The van der Waals surface area contributed by atoms with Crippen molar-refractivity contribution < 1.29 is 9.53 Å². The Morgan fingerprint density at radius 3 is 2.62 bits per heavy atom. The van der Waals surface area contributed by atoms with E-state index in [9.17, 15) is 4.79 Å².